The van der Waals surface area contributed by atoms with Crippen molar-refractivity contribution < 1.29 is 8.78 Å². The lowest BCUT2D eigenvalue weighted by molar-refractivity contribution is 0.180. The van der Waals surface area contributed by atoms with Gasteiger partial charge in [0.05, 0.1) is 5.69 Å². The van der Waals surface area contributed by atoms with Crippen LogP contribution in [0.3, 0.4) is 0 Å². The Morgan fingerprint density at radius 3 is 2.69 bits per heavy atom. The molecule has 6 heteroatoms. The number of aryl methyl sites for hydroxylation is 2. The minimum atomic E-state index is -0.749. The maximum Gasteiger partial charge on any atom is 0.123 e. The Morgan fingerprint density at radius 1 is 1.23 bits per heavy atom. The molecular formula is C20H28F2N4. The monoisotopic (exact) mass is 362 g/mol. The number of aromatic nitrogens is 2. The number of hydrogen-bond acceptors (Lipinski definition) is 3. The van der Waals surface area contributed by atoms with Gasteiger partial charge < -0.3 is 4.90 Å². The highest BCUT2D eigenvalue weighted by Gasteiger charge is 2.32. The molecule has 0 aliphatic carbocycles. The van der Waals surface area contributed by atoms with E-state index in [-0.39, 0.29) is 11.9 Å². The van der Waals surface area contributed by atoms with Gasteiger partial charge >= 0.3 is 0 Å². The number of likely N-dealkylation sites (N-methyl/N-ethyl adjacent to an activating group) is 1. The standard InChI is InChI=1S/C20H28F2N4/c1-24(11-3-4-16-5-7-17(21)8-6-16)14-20-12-18(22)13-26(20)15-19-9-10-23-25(19)2/h5-10,18,20H,3-4,11-15H2,1-2H3/t18-,20-/m0/s1. The molecule has 2 aromatic rings. The van der Waals surface area contributed by atoms with Gasteiger partial charge in [-0.25, -0.2) is 8.78 Å². The van der Waals surface area contributed by atoms with Gasteiger partial charge in [0.25, 0.3) is 0 Å². The van der Waals surface area contributed by atoms with Crippen molar-refractivity contribution in [2.24, 2.45) is 7.05 Å². The second kappa shape index (κ2) is 8.73. The molecule has 4 nitrogen and oxygen atoms in total. The summed E-state index contributed by atoms with van der Waals surface area (Å²) in [4.78, 5) is 4.51. The molecule has 1 fully saturated rings. The molecule has 1 aromatic heterocycles. The number of benzene rings is 1. The van der Waals surface area contributed by atoms with Crippen LogP contribution >= 0.6 is 0 Å². The molecule has 1 saturated heterocycles. The third-order valence-corrected chi connectivity index (χ3v) is 5.21. The van der Waals surface area contributed by atoms with Crippen molar-refractivity contribution in [3.05, 3.63) is 53.6 Å². The molecule has 2 heterocycles. The second-order valence-electron chi connectivity index (χ2n) is 7.35. The average Bonchev–Trinajstić information content (AvgIpc) is 3.15. The van der Waals surface area contributed by atoms with Crippen LogP contribution in [0.1, 0.15) is 24.1 Å². The van der Waals surface area contributed by atoms with Crippen molar-refractivity contribution in [2.45, 2.75) is 38.0 Å². The number of nitrogens with zero attached hydrogens (tertiary/aromatic N) is 4. The summed E-state index contributed by atoms with van der Waals surface area (Å²) in [6.07, 6.45) is 3.57. The van der Waals surface area contributed by atoms with E-state index in [0.29, 0.717) is 13.0 Å². The van der Waals surface area contributed by atoms with Crippen LogP contribution in [0.15, 0.2) is 36.5 Å². The summed E-state index contributed by atoms with van der Waals surface area (Å²) in [6.45, 7) is 3.05. The highest BCUT2D eigenvalue weighted by molar-refractivity contribution is 5.16. The van der Waals surface area contributed by atoms with E-state index in [0.717, 1.165) is 43.7 Å². The molecule has 1 aromatic carbocycles. The normalized spacial score (nSPS) is 21.0. The van der Waals surface area contributed by atoms with Gasteiger partial charge in [0.15, 0.2) is 0 Å². The van der Waals surface area contributed by atoms with E-state index in [1.54, 1.807) is 6.20 Å². The maximum absolute atomic E-state index is 14.0. The van der Waals surface area contributed by atoms with Crippen molar-refractivity contribution in [1.82, 2.24) is 19.6 Å². The largest absolute Gasteiger partial charge is 0.305 e. The minimum Gasteiger partial charge on any atom is -0.305 e. The van der Waals surface area contributed by atoms with E-state index in [9.17, 15) is 8.78 Å². The maximum atomic E-state index is 14.0. The van der Waals surface area contributed by atoms with E-state index in [1.165, 1.54) is 12.1 Å². The summed E-state index contributed by atoms with van der Waals surface area (Å²) >= 11 is 0. The lowest BCUT2D eigenvalue weighted by Gasteiger charge is -2.28. The molecule has 3 rings (SSSR count). The Morgan fingerprint density at radius 2 is 2.00 bits per heavy atom. The van der Waals surface area contributed by atoms with E-state index in [4.69, 9.17) is 0 Å². The molecule has 0 unspecified atom stereocenters. The molecule has 0 bridgehead atoms. The Bertz CT molecular complexity index is 685. The van der Waals surface area contributed by atoms with Crippen LogP contribution in [0.2, 0.25) is 0 Å². The van der Waals surface area contributed by atoms with E-state index in [2.05, 4.69) is 21.9 Å². The lowest BCUT2D eigenvalue weighted by atomic mass is 10.1. The van der Waals surface area contributed by atoms with Crippen LogP contribution in [0, 0.1) is 5.82 Å². The second-order valence-corrected chi connectivity index (χ2v) is 7.35. The van der Waals surface area contributed by atoms with Gasteiger partial charge in [-0.1, -0.05) is 12.1 Å². The number of hydrogen-bond donors (Lipinski definition) is 0. The molecule has 0 spiro atoms. The fourth-order valence-electron chi connectivity index (χ4n) is 3.73. The molecule has 0 radical (unpaired) electrons. The third kappa shape index (κ3) is 5.11. The van der Waals surface area contributed by atoms with E-state index < -0.39 is 6.17 Å². The van der Waals surface area contributed by atoms with Crippen LogP contribution in [-0.4, -0.2) is 58.5 Å². The lowest BCUT2D eigenvalue weighted by Crippen LogP contribution is -2.39. The number of rotatable bonds is 8. The predicted molar refractivity (Wildman–Crippen MR) is 99.1 cm³/mol. The molecular weight excluding hydrogens is 334 g/mol. The van der Waals surface area contributed by atoms with Gasteiger partial charge in [-0.3, -0.25) is 9.58 Å². The van der Waals surface area contributed by atoms with Crippen molar-refractivity contribution in [2.75, 3.05) is 26.7 Å². The first-order valence-electron chi connectivity index (χ1n) is 9.29. The van der Waals surface area contributed by atoms with Gasteiger partial charge in [0, 0.05) is 38.9 Å². The third-order valence-electron chi connectivity index (χ3n) is 5.21. The Balaban J connectivity index is 1.46. The first kappa shape index (κ1) is 19.0. The highest BCUT2D eigenvalue weighted by Crippen LogP contribution is 2.23. The summed E-state index contributed by atoms with van der Waals surface area (Å²) in [6, 6.07) is 8.93. The zero-order chi connectivity index (χ0) is 18.5. The summed E-state index contributed by atoms with van der Waals surface area (Å²) in [5.74, 6) is -0.193. The van der Waals surface area contributed by atoms with Crippen molar-refractivity contribution in [3.63, 3.8) is 0 Å². The smallest absolute Gasteiger partial charge is 0.123 e. The Kier molecular flexibility index (Phi) is 6.38. The summed E-state index contributed by atoms with van der Waals surface area (Å²) < 4.78 is 28.8. The summed E-state index contributed by atoms with van der Waals surface area (Å²) in [5.41, 5.74) is 2.27. The van der Waals surface area contributed by atoms with Crippen molar-refractivity contribution in [3.8, 4) is 0 Å². The Hall–Kier alpha value is -1.79. The van der Waals surface area contributed by atoms with E-state index in [1.807, 2.05) is 29.9 Å². The molecule has 142 valence electrons. The topological polar surface area (TPSA) is 24.3 Å². The zero-order valence-electron chi connectivity index (χ0n) is 15.6. The molecule has 26 heavy (non-hydrogen) atoms. The molecule has 0 N–H and O–H groups in total. The molecule has 0 amide bonds. The minimum absolute atomic E-state index is 0.193. The number of likely N-dealkylation sites (tertiary alicyclic amines) is 1. The molecule has 0 saturated carbocycles. The first-order valence-corrected chi connectivity index (χ1v) is 9.29. The number of halogens is 2. The fourth-order valence-corrected chi connectivity index (χ4v) is 3.73. The SMILES string of the molecule is CN(CCCc1ccc(F)cc1)C[C@@H]1C[C@H](F)CN1Cc1ccnn1C. The molecule has 2 atom stereocenters. The molecule has 1 aliphatic heterocycles. The fraction of sp³-hybridized carbons (Fsp3) is 0.550. The van der Waals surface area contributed by atoms with Gasteiger partial charge in [0.1, 0.15) is 12.0 Å². The number of alkyl halides is 1. The van der Waals surface area contributed by atoms with Gasteiger partial charge in [-0.05, 0) is 56.6 Å². The van der Waals surface area contributed by atoms with Crippen LogP contribution in [-0.2, 0) is 20.0 Å². The van der Waals surface area contributed by atoms with Crippen LogP contribution in [0.25, 0.3) is 0 Å². The van der Waals surface area contributed by atoms with Crippen molar-refractivity contribution in [1.29, 1.82) is 0 Å². The van der Waals surface area contributed by atoms with Gasteiger partial charge in [-0.2, -0.15) is 5.10 Å². The quantitative estimate of drug-likeness (QED) is 0.721. The highest BCUT2D eigenvalue weighted by atomic mass is 19.1. The van der Waals surface area contributed by atoms with Gasteiger partial charge in [0.2, 0.25) is 0 Å². The average molecular weight is 362 g/mol. The van der Waals surface area contributed by atoms with Crippen LogP contribution in [0.4, 0.5) is 8.78 Å². The van der Waals surface area contributed by atoms with Crippen molar-refractivity contribution >= 4 is 0 Å². The molecule has 1 aliphatic rings. The zero-order valence-corrected chi connectivity index (χ0v) is 15.6. The summed E-state index contributed by atoms with van der Waals surface area (Å²) in [7, 11) is 4.02. The first-order chi connectivity index (χ1) is 12.5. The van der Waals surface area contributed by atoms with Gasteiger partial charge in [-0.15, -0.1) is 0 Å². The summed E-state index contributed by atoms with van der Waals surface area (Å²) in [5, 5.41) is 4.20. The predicted octanol–water partition coefficient (Wildman–Crippen LogP) is 3.04. The van der Waals surface area contributed by atoms with Crippen LogP contribution < -0.4 is 0 Å². The van der Waals surface area contributed by atoms with Crippen LogP contribution in [0.5, 0.6) is 0 Å². The van der Waals surface area contributed by atoms with E-state index >= 15 is 0 Å². The Labute approximate surface area is 154 Å².